The monoisotopic (exact) mass is 231 g/mol. The minimum Gasteiger partial charge on any atom is -0.313 e. The fourth-order valence-electron chi connectivity index (χ4n) is 2.78. The van der Waals surface area contributed by atoms with Crippen LogP contribution in [0.2, 0.25) is 0 Å². The smallest absolute Gasteiger partial charge is 0.0320 e. The van der Waals surface area contributed by atoms with Gasteiger partial charge in [-0.2, -0.15) is 0 Å². The summed E-state index contributed by atoms with van der Waals surface area (Å²) in [6, 6.07) is 9.60. The first-order chi connectivity index (χ1) is 8.36. The van der Waals surface area contributed by atoms with Crippen molar-refractivity contribution >= 4 is 0 Å². The third kappa shape index (κ3) is 2.90. The summed E-state index contributed by atoms with van der Waals surface area (Å²) in [6.45, 7) is 2.27. The molecule has 1 atom stereocenters. The Kier molecular flexibility index (Phi) is 4.61. The van der Waals surface area contributed by atoms with Crippen LogP contribution in [0.5, 0.6) is 0 Å². The van der Waals surface area contributed by atoms with E-state index in [2.05, 4.69) is 43.6 Å². The molecule has 0 aromatic heterocycles. The Morgan fingerprint density at radius 1 is 1.29 bits per heavy atom. The van der Waals surface area contributed by atoms with Crippen molar-refractivity contribution in [3.63, 3.8) is 0 Å². The van der Waals surface area contributed by atoms with E-state index in [-0.39, 0.29) is 0 Å². The van der Waals surface area contributed by atoms with E-state index >= 15 is 0 Å². The molecule has 0 spiro atoms. The molecular weight excluding hydrogens is 206 g/mol. The maximum Gasteiger partial charge on any atom is 0.0320 e. The van der Waals surface area contributed by atoms with Gasteiger partial charge in [-0.05, 0) is 43.4 Å². The Bertz CT molecular complexity index is 341. The van der Waals surface area contributed by atoms with E-state index in [1.54, 1.807) is 11.1 Å². The third-order valence-corrected chi connectivity index (χ3v) is 4.11. The van der Waals surface area contributed by atoms with Crippen LogP contribution < -0.4 is 5.32 Å². The predicted octanol–water partition coefficient (Wildman–Crippen LogP) is 4.40. The van der Waals surface area contributed by atoms with Crippen LogP contribution in [0.15, 0.2) is 24.3 Å². The topological polar surface area (TPSA) is 12.0 Å². The maximum absolute atomic E-state index is 3.50. The molecule has 1 aromatic rings. The number of hydrogen-bond donors (Lipinski definition) is 1. The second-order valence-corrected chi connectivity index (χ2v) is 5.24. The molecule has 1 fully saturated rings. The normalized spacial score (nSPS) is 17.8. The van der Waals surface area contributed by atoms with Crippen LogP contribution in [-0.4, -0.2) is 7.05 Å². The zero-order valence-corrected chi connectivity index (χ0v) is 11.2. The molecule has 0 amide bonds. The van der Waals surface area contributed by atoms with Gasteiger partial charge in [0.2, 0.25) is 0 Å². The average molecular weight is 231 g/mol. The van der Waals surface area contributed by atoms with E-state index in [4.69, 9.17) is 0 Å². The molecule has 0 bridgehead atoms. The molecule has 1 nitrogen and oxygen atoms in total. The molecule has 1 N–H and O–H groups in total. The zero-order chi connectivity index (χ0) is 12.1. The molecule has 1 aliphatic carbocycles. The lowest BCUT2D eigenvalue weighted by atomic mass is 9.77. The van der Waals surface area contributed by atoms with Crippen LogP contribution in [0.25, 0.3) is 0 Å². The highest BCUT2D eigenvalue weighted by atomic mass is 14.9. The minimum absolute atomic E-state index is 0.548. The largest absolute Gasteiger partial charge is 0.313 e. The molecule has 94 valence electrons. The zero-order valence-electron chi connectivity index (χ0n) is 11.2. The average Bonchev–Trinajstić information content (AvgIpc) is 2.30. The lowest BCUT2D eigenvalue weighted by Gasteiger charge is -2.30. The summed E-state index contributed by atoms with van der Waals surface area (Å²) in [5.74, 6) is 0.837. The molecule has 17 heavy (non-hydrogen) atoms. The second kappa shape index (κ2) is 6.20. The lowest BCUT2D eigenvalue weighted by Crippen LogP contribution is -2.20. The number of hydrogen-bond acceptors (Lipinski definition) is 1. The SMILES string of the molecule is CCCCC(NC)c1ccccc1C1CCC1. The molecule has 0 radical (unpaired) electrons. The summed E-state index contributed by atoms with van der Waals surface area (Å²) in [4.78, 5) is 0. The van der Waals surface area contributed by atoms with E-state index in [1.165, 1.54) is 38.5 Å². The van der Waals surface area contributed by atoms with E-state index in [0.29, 0.717) is 6.04 Å². The van der Waals surface area contributed by atoms with Crippen molar-refractivity contribution in [3.05, 3.63) is 35.4 Å². The van der Waals surface area contributed by atoms with Crippen LogP contribution in [-0.2, 0) is 0 Å². The molecule has 0 aliphatic heterocycles. The molecular formula is C16H25N. The molecule has 0 saturated heterocycles. The Hall–Kier alpha value is -0.820. The summed E-state index contributed by atoms with van der Waals surface area (Å²) in [5.41, 5.74) is 3.15. The van der Waals surface area contributed by atoms with Gasteiger partial charge in [0.25, 0.3) is 0 Å². The van der Waals surface area contributed by atoms with Crippen LogP contribution in [0.3, 0.4) is 0 Å². The number of unbranched alkanes of at least 4 members (excludes halogenated alkanes) is 1. The number of nitrogens with one attached hydrogen (secondary N) is 1. The van der Waals surface area contributed by atoms with Crippen molar-refractivity contribution in [2.75, 3.05) is 7.05 Å². The summed E-state index contributed by atoms with van der Waals surface area (Å²) in [6.07, 6.45) is 8.05. The minimum atomic E-state index is 0.548. The summed E-state index contributed by atoms with van der Waals surface area (Å²) in [5, 5.41) is 3.50. The van der Waals surface area contributed by atoms with Crippen LogP contribution in [0.1, 0.15) is 68.5 Å². The van der Waals surface area contributed by atoms with Gasteiger partial charge in [-0.1, -0.05) is 50.5 Å². The molecule has 0 heterocycles. The second-order valence-electron chi connectivity index (χ2n) is 5.24. The summed E-state index contributed by atoms with van der Waals surface area (Å²) < 4.78 is 0. The van der Waals surface area contributed by atoms with Crippen molar-refractivity contribution in [2.45, 2.75) is 57.4 Å². The van der Waals surface area contributed by atoms with Crippen molar-refractivity contribution in [2.24, 2.45) is 0 Å². The van der Waals surface area contributed by atoms with Gasteiger partial charge in [0.15, 0.2) is 0 Å². The van der Waals surface area contributed by atoms with Crippen LogP contribution in [0, 0.1) is 0 Å². The summed E-state index contributed by atoms with van der Waals surface area (Å²) in [7, 11) is 2.10. The lowest BCUT2D eigenvalue weighted by molar-refractivity contribution is 0.410. The van der Waals surface area contributed by atoms with Gasteiger partial charge in [0, 0.05) is 6.04 Å². The molecule has 1 heteroatoms. The van der Waals surface area contributed by atoms with Crippen molar-refractivity contribution in [1.82, 2.24) is 5.32 Å². The maximum atomic E-state index is 3.50. The van der Waals surface area contributed by atoms with E-state index in [9.17, 15) is 0 Å². The predicted molar refractivity (Wildman–Crippen MR) is 74.4 cm³/mol. The van der Waals surface area contributed by atoms with Crippen molar-refractivity contribution in [1.29, 1.82) is 0 Å². The first-order valence-corrected chi connectivity index (χ1v) is 7.13. The van der Waals surface area contributed by atoms with Gasteiger partial charge in [-0.3, -0.25) is 0 Å². The van der Waals surface area contributed by atoms with Crippen molar-refractivity contribution < 1.29 is 0 Å². The molecule has 2 rings (SSSR count). The van der Waals surface area contributed by atoms with E-state index < -0.39 is 0 Å². The van der Waals surface area contributed by atoms with Gasteiger partial charge >= 0.3 is 0 Å². The quantitative estimate of drug-likeness (QED) is 0.765. The number of rotatable bonds is 6. The molecule has 1 unspecified atom stereocenters. The number of benzene rings is 1. The molecule has 1 aliphatic rings. The van der Waals surface area contributed by atoms with Gasteiger partial charge in [-0.25, -0.2) is 0 Å². The van der Waals surface area contributed by atoms with Crippen LogP contribution >= 0.6 is 0 Å². The van der Waals surface area contributed by atoms with E-state index in [1.807, 2.05) is 0 Å². The summed E-state index contributed by atoms with van der Waals surface area (Å²) >= 11 is 0. The Morgan fingerprint density at radius 3 is 2.65 bits per heavy atom. The highest BCUT2D eigenvalue weighted by Crippen LogP contribution is 2.40. The van der Waals surface area contributed by atoms with E-state index in [0.717, 1.165) is 5.92 Å². The molecule has 1 saturated carbocycles. The van der Waals surface area contributed by atoms with Gasteiger partial charge < -0.3 is 5.32 Å². The first-order valence-electron chi connectivity index (χ1n) is 7.13. The van der Waals surface area contributed by atoms with Crippen molar-refractivity contribution in [3.8, 4) is 0 Å². The highest BCUT2D eigenvalue weighted by molar-refractivity contribution is 5.34. The standard InChI is InChI=1S/C16H25N/c1-3-4-12-16(17-2)15-11-6-5-10-14(15)13-8-7-9-13/h5-6,10-11,13,16-17H,3-4,7-9,12H2,1-2H3. The fourth-order valence-corrected chi connectivity index (χ4v) is 2.78. The van der Waals surface area contributed by atoms with Gasteiger partial charge in [-0.15, -0.1) is 0 Å². The fraction of sp³-hybridized carbons (Fsp3) is 0.625. The Morgan fingerprint density at radius 2 is 2.06 bits per heavy atom. The molecule has 1 aromatic carbocycles. The van der Waals surface area contributed by atoms with Gasteiger partial charge in [0.05, 0.1) is 0 Å². The first kappa shape index (κ1) is 12.6. The van der Waals surface area contributed by atoms with Crippen LogP contribution in [0.4, 0.5) is 0 Å². The third-order valence-electron chi connectivity index (χ3n) is 4.11. The van der Waals surface area contributed by atoms with Gasteiger partial charge in [0.1, 0.15) is 0 Å². The Balaban J connectivity index is 2.16. The Labute approximate surface area is 106 Å². The highest BCUT2D eigenvalue weighted by Gasteiger charge is 2.24.